The van der Waals surface area contributed by atoms with E-state index in [9.17, 15) is 0 Å². The van der Waals surface area contributed by atoms with Gasteiger partial charge in [0.15, 0.2) is 0 Å². The molecular formula is C15H18. The van der Waals surface area contributed by atoms with Crippen molar-refractivity contribution in [3.05, 3.63) is 41.0 Å². The van der Waals surface area contributed by atoms with Crippen molar-refractivity contribution in [1.82, 2.24) is 0 Å². The summed E-state index contributed by atoms with van der Waals surface area (Å²) in [5.74, 6) is 6.09. The van der Waals surface area contributed by atoms with Crippen molar-refractivity contribution in [3.63, 3.8) is 0 Å². The summed E-state index contributed by atoms with van der Waals surface area (Å²) in [6.07, 6.45) is 4.49. The van der Waals surface area contributed by atoms with Crippen LogP contribution in [-0.2, 0) is 0 Å². The van der Waals surface area contributed by atoms with Crippen LogP contribution in [0.15, 0.2) is 29.8 Å². The minimum absolute atomic E-state index is 1.12. The van der Waals surface area contributed by atoms with Gasteiger partial charge in [0, 0.05) is 5.56 Å². The largest absolute Gasteiger partial charge is 0.101 e. The lowest BCUT2D eigenvalue weighted by Gasteiger charge is -2.02. The monoisotopic (exact) mass is 198 g/mol. The highest BCUT2D eigenvalue weighted by Crippen LogP contribution is 2.15. The second-order valence-corrected chi connectivity index (χ2v) is 3.47. The van der Waals surface area contributed by atoms with E-state index in [-0.39, 0.29) is 0 Å². The van der Waals surface area contributed by atoms with Gasteiger partial charge in [-0.25, -0.2) is 0 Å². The van der Waals surface area contributed by atoms with Crippen LogP contribution in [0.1, 0.15) is 44.7 Å². The molecule has 0 N–H and O–H groups in total. The van der Waals surface area contributed by atoms with Gasteiger partial charge in [-0.1, -0.05) is 49.6 Å². The van der Waals surface area contributed by atoms with Gasteiger partial charge in [-0.15, -0.1) is 5.92 Å². The van der Waals surface area contributed by atoms with Gasteiger partial charge in [0.2, 0.25) is 0 Å². The van der Waals surface area contributed by atoms with Crippen molar-refractivity contribution in [2.75, 3.05) is 0 Å². The van der Waals surface area contributed by atoms with E-state index in [2.05, 4.69) is 50.0 Å². The third-order valence-corrected chi connectivity index (χ3v) is 2.49. The van der Waals surface area contributed by atoms with Crippen LogP contribution < -0.4 is 0 Å². The Labute approximate surface area is 93.0 Å². The number of hydrogen-bond donors (Lipinski definition) is 0. The van der Waals surface area contributed by atoms with Crippen LogP contribution in [0.4, 0.5) is 0 Å². The molecule has 0 bridgehead atoms. The summed E-state index contributed by atoms with van der Waals surface area (Å²) in [7, 11) is 0. The van der Waals surface area contributed by atoms with E-state index in [1.54, 1.807) is 0 Å². The maximum atomic E-state index is 3.14. The number of benzene rings is 1. The second-order valence-electron chi connectivity index (χ2n) is 3.47. The van der Waals surface area contributed by atoms with Crippen LogP contribution in [-0.4, -0.2) is 0 Å². The van der Waals surface area contributed by atoms with Crippen molar-refractivity contribution < 1.29 is 0 Å². The molecule has 15 heavy (non-hydrogen) atoms. The van der Waals surface area contributed by atoms with Gasteiger partial charge in [0.05, 0.1) is 0 Å². The van der Waals surface area contributed by atoms with Crippen LogP contribution in [0.3, 0.4) is 0 Å². The molecule has 0 aliphatic heterocycles. The van der Waals surface area contributed by atoms with Crippen molar-refractivity contribution in [3.8, 4) is 11.8 Å². The highest BCUT2D eigenvalue weighted by molar-refractivity contribution is 5.61. The number of rotatable bonds is 3. The molecule has 1 rings (SSSR count). The Morgan fingerprint density at radius 1 is 1.20 bits per heavy atom. The summed E-state index contributed by atoms with van der Waals surface area (Å²) in [4.78, 5) is 0. The van der Waals surface area contributed by atoms with E-state index in [0.717, 1.165) is 18.4 Å². The molecule has 78 valence electrons. The van der Waals surface area contributed by atoms with Crippen LogP contribution in [0.5, 0.6) is 0 Å². The van der Waals surface area contributed by atoms with E-state index in [1.165, 1.54) is 11.1 Å². The van der Waals surface area contributed by atoms with Crippen LogP contribution in [0, 0.1) is 11.8 Å². The number of allylic oxidation sites excluding steroid dienone is 1. The molecular weight excluding hydrogens is 180 g/mol. The maximum absolute atomic E-state index is 3.14. The highest BCUT2D eigenvalue weighted by Gasteiger charge is 1.97. The fourth-order valence-electron chi connectivity index (χ4n) is 1.55. The third kappa shape index (κ3) is 3.29. The van der Waals surface area contributed by atoms with Crippen LogP contribution in [0.25, 0.3) is 6.08 Å². The molecule has 0 aromatic heterocycles. The summed E-state index contributed by atoms with van der Waals surface area (Å²) in [5.41, 5.74) is 3.84. The normalized spacial score (nSPS) is 9.00. The molecule has 0 saturated carbocycles. The van der Waals surface area contributed by atoms with E-state index in [1.807, 2.05) is 13.0 Å². The van der Waals surface area contributed by atoms with Gasteiger partial charge in [-0.2, -0.15) is 0 Å². The zero-order chi connectivity index (χ0) is 11.1. The highest BCUT2D eigenvalue weighted by atomic mass is 14.0. The predicted octanol–water partition coefficient (Wildman–Crippen LogP) is 4.26. The van der Waals surface area contributed by atoms with Gasteiger partial charge in [0.1, 0.15) is 0 Å². The number of hydrogen-bond acceptors (Lipinski definition) is 0. The van der Waals surface area contributed by atoms with Gasteiger partial charge < -0.3 is 0 Å². The summed E-state index contributed by atoms with van der Waals surface area (Å²) in [6, 6.07) is 8.31. The molecule has 0 heterocycles. The van der Waals surface area contributed by atoms with Crippen molar-refractivity contribution in [1.29, 1.82) is 0 Å². The smallest absolute Gasteiger partial charge is 0.0317 e. The van der Waals surface area contributed by atoms with Gasteiger partial charge in [0.25, 0.3) is 0 Å². The lowest BCUT2D eigenvalue weighted by atomic mass is 10.0. The van der Waals surface area contributed by atoms with E-state index >= 15 is 0 Å². The summed E-state index contributed by atoms with van der Waals surface area (Å²) in [6.45, 7) is 6.27. The van der Waals surface area contributed by atoms with E-state index in [4.69, 9.17) is 0 Å². The average Bonchev–Trinajstić information content (AvgIpc) is 2.28. The lowest BCUT2D eigenvalue weighted by molar-refractivity contribution is 0.990. The molecule has 0 spiro atoms. The molecule has 0 atom stereocenters. The van der Waals surface area contributed by atoms with E-state index < -0.39 is 0 Å². The first-order valence-electron chi connectivity index (χ1n) is 5.53. The molecule has 0 radical (unpaired) electrons. The maximum Gasteiger partial charge on any atom is 0.0317 e. The average molecular weight is 198 g/mol. The molecule has 0 unspecified atom stereocenters. The zero-order valence-corrected chi connectivity index (χ0v) is 9.80. The molecule has 0 aliphatic rings. The Balaban J connectivity index is 3.11. The van der Waals surface area contributed by atoms with Crippen LogP contribution in [0.2, 0.25) is 0 Å². The van der Waals surface area contributed by atoms with Gasteiger partial charge in [-0.05, 0) is 31.4 Å². The first-order chi connectivity index (χ1) is 7.31. The first kappa shape index (κ1) is 11.6. The molecule has 0 amide bonds. The predicted molar refractivity (Wildman–Crippen MR) is 67.6 cm³/mol. The Kier molecular flexibility index (Phi) is 4.71. The first-order valence-corrected chi connectivity index (χ1v) is 5.53. The molecule has 0 aliphatic carbocycles. The van der Waals surface area contributed by atoms with Crippen LogP contribution >= 0.6 is 0 Å². The topological polar surface area (TPSA) is 0 Å². The SMILES string of the molecule is CC#Cc1ccccc1C=C(CC)CC. The zero-order valence-electron chi connectivity index (χ0n) is 9.80. The molecule has 0 heteroatoms. The molecule has 0 fully saturated rings. The molecule has 1 aromatic rings. The third-order valence-electron chi connectivity index (χ3n) is 2.49. The van der Waals surface area contributed by atoms with Crippen molar-refractivity contribution in [2.24, 2.45) is 0 Å². The summed E-state index contributed by atoms with van der Waals surface area (Å²) < 4.78 is 0. The van der Waals surface area contributed by atoms with E-state index in [0.29, 0.717) is 0 Å². The molecule has 0 saturated heterocycles. The van der Waals surface area contributed by atoms with Crippen molar-refractivity contribution in [2.45, 2.75) is 33.6 Å². The molecule has 0 nitrogen and oxygen atoms in total. The fraction of sp³-hybridized carbons (Fsp3) is 0.333. The van der Waals surface area contributed by atoms with Gasteiger partial charge >= 0.3 is 0 Å². The second kappa shape index (κ2) is 6.09. The quantitative estimate of drug-likeness (QED) is 0.636. The standard InChI is InChI=1S/C15H18/c1-4-9-14-10-7-8-11-15(14)12-13(5-2)6-3/h7-8,10-12H,5-6H2,1-3H3. The fourth-order valence-corrected chi connectivity index (χ4v) is 1.55. The Bertz CT molecular complexity index is 394. The lowest BCUT2D eigenvalue weighted by Crippen LogP contribution is -1.84. The Morgan fingerprint density at radius 3 is 2.47 bits per heavy atom. The Hall–Kier alpha value is -1.48. The van der Waals surface area contributed by atoms with Crippen molar-refractivity contribution >= 4 is 6.08 Å². The van der Waals surface area contributed by atoms with Gasteiger partial charge in [-0.3, -0.25) is 0 Å². The Morgan fingerprint density at radius 2 is 1.87 bits per heavy atom. The summed E-state index contributed by atoms with van der Waals surface area (Å²) >= 11 is 0. The minimum atomic E-state index is 1.12. The molecule has 1 aromatic carbocycles. The minimum Gasteiger partial charge on any atom is -0.101 e. The summed E-state index contributed by atoms with van der Waals surface area (Å²) in [5, 5.41) is 0.